The van der Waals surface area contributed by atoms with Crippen molar-refractivity contribution >= 4 is 15.9 Å². The van der Waals surface area contributed by atoms with E-state index in [4.69, 9.17) is 0 Å². The van der Waals surface area contributed by atoms with Gasteiger partial charge in [0.2, 0.25) is 15.9 Å². The Bertz CT molecular complexity index is 1100. The average Bonchev–Trinajstić information content (AvgIpc) is 3.52. The molecule has 2 heterocycles. The molecule has 2 aromatic carbocycles. The summed E-state index contributed by atoms with van der Waals surface area (Å²) in [5, 5.41) is 7.00. The summed E-state index contributed by atoms with van der Waals surface area (Å²) in [5.41, 5.74) is 2.84. The van der Waals surface area contributed by atoms with Crippen LogP contribution in [0, 0.1) is 0 Å². The number of sulfonamides is 1. The maximum atomic E-state index is 12.6. The van der Waals surface area contributed by atoms with Crippen molar-refractivity contribution < 1.29 is 13.2 Å². The van der Waals surface area contributed by atoms with Gasteiger partial charge < -0.3 is 5.32 Å². The van der Waals surface area contributed by atoms with Gasteiger partial charge >= 0.3 is 0 Å². The van der Waals surface area contributed by atoms with E-state index in [2.05, 4.69) is 15.4 Å². The summed E-state index contributed by atoms with van der Waals surface area (Å²) in [6.07, 6.45) is 5.84. The van der Waals surface area contributed by atoms with Gasteiger partial charge in [-0.2, -0.15) is 9.40 Å². The normalized spacial score (nSPS) is 14.6. The largest absolute Gasteiger partial charge is 0.352 e. The van der Waals surface area contributed by atoms with Crippen molar-refractivity contribution in [3.8, 4) is 5.69 Å². The second-order valence-corrected chi connectivity index (χ2v) is 9.48. The smallest absolute Gasteiger partial charge is 0.243 e. The molecule has 0 saturated carbocycles. The quantitative estimate of drug-likeness (QED) is 0.581. The Kier molecular flexibility index (Phi) is 6.43. The molecule has 31 heavy (non-hydrogen) atoms. The second kappa shape index (κ2) is 9.40. The fourth-order valence-corrected chi connectivity index (χ4v) is 5.08. The lowest BCUT2D eigenvalue weighted by atomic mass is 10.1. The molecule has 8 nitrogen and oxygen atoms in total. The minimum absolute atomic E-state index is 0.0471. The highest BCUT2D eigenvalue weighted by Gasteiger charge is 2.26. The van der Waals surface area contributed by atoms with Crippen LogP contribution in [0.5, 0.6) is 0 Å². The number of nitrogens with one attached hydrogen (secondary N) is 1. The number of hydrogen-bond donors (Lipinski definition) is 1. The van der Waals surface area contributed by atoms with E-state index in [9.17, 15) is 13.2 Å². The van der Waals surface area contributed by atoms with Gasteiger partial charge in [-0.1, -0.05) is 24.3 Å². The maximum absolute atomic E-state index is 12.6. The number of benzene rings is 2. The SMILES string of the molecule is O=C(CCc1ccc(S(=O)(=O)N2CCCC2)cc1)NCc1ccc(-n2cncn2)cc1. The van der Waals surface area contributed by atoms with E-state index in [-0.39, 0.29) is 5.91 Å². The first kappa shape index (κ1) is 21.2. The molecule has 162 valence electrons. The predicted octanol–water partition coefficient (Wildman–Crippen LogP) is 2.30. The van der Waals surface area contributed by atoms with Crippen LogP contribution in [-0.2, 0) is 27.8 Å². The molecule has 0 atom stereocenters. The van der Waals surface area contributed by atoms with Crippen LogP contribution in [0.2, 0.25) is 0 Å². The fourth-order valence-electron chi connectivity index (χ4n) is 3.56. The van der Waals surface area contributed by atoms with Crippen molar-refractivity contribution in [1.82, 2.24) is 24.4 Å². The number of aromatic nitrogens is 3. The molecule has 9 heteroatoms. The number of carbonyl (C=O) groups excluding carboxylic acids is 1. The van der Waals surface area contributed by atoms with Crippen molar-refractivity contribution in [2.24, 2.45) is 0 Å². The number of nitrogens with zero attached hydrogens (tertiary/aromatic N) is 4. The van der Waals surface area contributed by atoms with E-state index >= 15 is 0 Å². The Morgan fingerprint density at radius 2 is 1.65 bits per heavy atom. The van der Waals surface area contributed by atoms with E-state index in [1.165, 1.54) is 10.6 Å². The van der Waals surface area contributed by atoms with E-state index in [0.29, 0.717) is 37.4 Å². The molecule has 4 rings (SSSR count). The van der Waals surface area contributed by atoms with Gasteiger partial charge in [-0.3, -0.25) is 4.79 Å². The lowest BCUT2D eigenvalue weighted by Crippen LogP contribution is -2.27. The van der Waals surface area contributed by atoms with Crippen molar-refractivity contribution in [3.05, 3.63) is 72.3 Å². The van der Waals surface area contributed by atoms with Gasteiger partial charge in [-0.05, 0) is 54.7 Å². The third-order valence-electron chi connectivity index (χ3n) is 5.38. The number of carbonyl (C=O) groups is 1. The first-order chi connectivity index (χ1) is 15.0. The Morgan fingerprint density at radius 1 is 0.968 bits per heavy atom. The van der Waals surface area contributed by atoms with E-state index < -0.39 is 10.0 Å². The van der Waals surface area contributed by atoms with Crippen LogP contribution in [0.4, 0.5) is 0 Å². The molecule has 0 spiro atoms. The van der Waals surface area contributed by atoms with Crippen molar-refractivity contribution in [1.29, 1.82) is 0 Å². The van der Waals surface area contributed by atoms with E-state index in [0.717, 1.165) is 29.7 Å². The molecule has 1 amide bonds. The second-order valence-electron chi connectivity index (χ2n) is 7.54. The van der Waals surface area contributed by atoms with Crippen LogP contribution in [0.15, 0.2) is 66.1 Å². The van der Waals surface area contributed by atoms with Crippen LogP contribution >= 0.6 is 0 Å². The summed E-state index contributed by atoms with van der Waals surface area (Å²) in [4.78, 5) is 16.4. The van der Waals surface area contributed by atoms with Crippen LogP contribution in [0.25, 0.3) is 5.69 Å². The number of amides is 1. The fraction of sp³-hybridized carbons (Fsp3) is 0.318. The standard InChI is InChI=1S/C22H25N5O3S/c28-22(24-15-19-3-8-20(9-4-19)27-17-23-16-25-27)12-7-18-5-10-21(11-6-18)31(29,30)26-13-1-2-14-26/h3-6,8-11,16-17H,1-2,7,12-15H2,(H,24,28). The maximum Gasteiger partial charge on any atom is 0.243 e. The summed E-state index contributed by atoms with van der Waals surface area (Å²) in [5.74, 6) is -0.0471. The zero-order valence-electron chi connectivity index (χ0n) is 17.1. The zero-order valence-corrected chi connectivity index (χ0v) is 18.0. The third-order valence-corrected chi connectivity index (χ3v) is 7.29. The van der Waals surface area contributed by atoms with E-state index in [1.807, 2.05) is 24.3 Å². The van der Waals surface area contributed by atoms with Gasteiger partial charge in [0.1, 0.15) is 12.7 Å². The molecular formula is C22H25N5O3S. The summed E-state index contributed by atoms with van der Waals surface area (Å²) in [6, 6.07) is 14.6. The lowest BCUT2D eigenvalue weighted by Gasteiger charge is -2.15. The Morgan fingerprint density at radius 3 is 2.29 bits per heavy atom. The van der Waals surface area contributed by atoms with Gasteiger partial charge in [0, 0.05) is 26.1 Å². The summed E-state index contributed by atoms with van der Waals surface area (Å²) >= 11 is 0. The third kappa shape index (κ3) is 5.18. The highest BCUT2D eigenvalue weighted by Crippen LogP contribution is 2.21. The zero-order chi connectivity index (χ0) is 21.7. The Balaban J connectivity index is 1.25. The molecule has 3 aromatic rings. The summed E-state index contributed by atoms with van der Waals surface area (Å²) in [7, 11) is -3.40. The molecule has 0 radical (unpaired) electrons. The lowest BCUT2D eigenvalue weighted by molar-refractivity contribution is -0.121. The minimum Gasteiger partial charge on any atom is -0.352 e. The van der Waals surface area contributed by atoms with Gasteiger partial charge in [-0.15, -0.1) is 0 Å². The van der Waals surface area contributed by atoms with Crippen molar-refractivity contribution in [2.45, 2.75) is 37.1 Å². The Labute approximate surface area is 182 Å². The van der Waals surface area contributed by atoms with Gasteiger partial charge in [-0.25, -0.2) is 18.1 Å². The minimum atomic E-state index is -3.40. The van der Waals surface area contributed by atoms with Crippen LogP contribution in [0.1, 0.15) is 30.4 Å². The van der Waals surface area contributed by atoms with Gasteiger partial charge in [0.05, 0.1) is 10.6 Å². The number of rotatable bonds is 8. The molecule has 0 unspecified atom stereocenters. The van der Waals surface area contributed by atoms with Crippen LogP contribution in [-0.4, -0.2) is 46.5 Å². The molecule has 0 aliphatic carbocycles. The average molecular weight is 440 g/mol. The van der Waals surface area contributed by atoms with Crippen molar-refractivity contribution in [2.75, 3.05) is 13.1 Å². The molecular weight excluding hydrogens is 414 g/mol. The highest BCUT2D eigenvalue weighted by atomic mass is 32.2. The first-order valence-corrected chi connectivity index (χ1v) is 11.8. The molecule has 1 aromatic heterocycles. The van der Waals surface area contributed by atoms with Crippen LogP contribution < -0.4 is 5.32 Å². The molecule has 1 aliphatic rings. The highest BCUT2D eigenvalue weighted by molar-refractivity contribution is 7.89. The topological polar surface area (TPSA) is 97.2 Å². The molecule has 1 aliphatic heterocycles. The van der Waals surface area contributed by atoms with E-state index in [1.54, 1.807) is 35.3 Å². The monoisotopic (exact) mass is 439 g/mol. The van der Waals surface area contributed by atoms with Gasteiger partial charge in [0.15, 0.2) is 0 Å². The predicted molar refractivity (Wildman–Crippen MR) is 116 cm³/mol. The first-order valence-electron chi connectivity index (χ1n) is 10.3. The van der Waals surface area contributed by atoms with Gasteiger partial charge in [0.25, 0.3) is 0 Å². The molecule has 0 bridgehead atoms. The molecule has 1 fully saturated rings. The molecule has 1 N–H and O–H groups in total. The number of aryl methyl sites for hydroxylation is 1. The molecule has 1 saturated heterocycles. The summed E-state index contributed by atoms with van der Waals surface area (Å²) in [6.45, 7) is 1.63. The van der Waals surface area contributed by atoms with Crippen molar-refractivity contribution in [3.63, 3.8) is 0 Å². The summed E-state index contributed by atoms with van der Waals surface area (Å²) < 4.78 is 28.4. The number of hydrogen-bond acceptors (Lipinski definition) is 5. The Hall–Kier alpha value is -3.04. The van der Waals surface area contributed by atoms with Crippen LogP contribution in [0.3, 0.4) is 0 Å².